The number of aromatic nitrogens is 4. The van der Waals surface area contributed by atoms with Crippen molar-refractivity contribution in [2.24, 2.45) is 0 Å². The van der Waals surface area contributed by atoms with Crippen LogP contribution in [-0.4, -0.2) is 47.8 Å². The molecule has 11 heteroatoms. The molecule has 4 aromatic rings. The molecule has 34 heavy (non-hydrogen) atoms. The van der Waals surface area contributed by atoms with Crippen LogP contribution in [0.25, 0.3) is 11.0 Å². The molecule has 0 saturated carbocycles. The molecule has 0 radical (unpaired) electrons. The molecule has 0 atom stereocenters. The molecule has 1 saturated heterocycles. The average Bonchev–Trinajstić information content (AvgIpc) is 3.25. The SMILES string of the molecule is COc1ccc(S(=O)(=O)n2nc(N3CCC(c4ncc(Cl)cc4F)CC3)c3ncccc32)cc1. The Hall–Kier alpha value is -3.24. The average molecular weight is 502 g/mol. The monoisotopic (exact) mass is 501 g/mol. The first kappa shape index (κ1) is 22.5. The lowest BCUT2D eigenvalue weighted by atomic mass is 9.92. The van der Waals surface area contributed by atoms with E-state index in [0.29, 0.717) is 54.2 Å². The van der Waals surface area contributed by atoms with Gasteiger partial charge >= 0.3 is 0 Å². The van der Waals surface area contributed by atoms with Crippen molar-refractivity contribution in [2.75, 3.05) is 25.1 Å². The van der Waals surface area contributed by atoms with E-state index in [2.05, 4.69) is 15.1 Å². The normalized spacial score (nSPS) is 15.1. The van der Waals surface area contributed by atoms with E-state index in [1.807, 2.05) is 4.90 Å². The van der Waals surface area contributed by atoms with Gasteiger partial charge in [-0.05, 0) is 55.3 Å². The summed E-state index contributed by atoms with van der Waals surface area (Å²) in [7, 11) is -2.44. The van der Waals surface area contributed by atoms with Crippen LogP contribution in [-0.2, 0) is 10.0 Å². The quantitative estimate of drug-likeness (QED) is 0.404. The van der Waals surface area contributed by atoms with E-state index in [4.69, 9.17) is 16.3 Å². The Balaban J connectivity index is 1.46. The molecule has 1 fully saturated rings. The molecule has 1 aliphatic rings. The number of halogens is 2. The highest BCUT2D eigenvalue weighted by Gasteiger charge is 2.30. The summed E-state index contributed by atoms with van der Waals surface area (Å²) in [6.07, 6.45) is 4.34. The molecule has 8 nitrogen and oxygen atoms in total. The Morgan fingerprint density at radius 3 is 2.53 bits per heavy atom. The molecule has 0 N–H and O–H groups in total. The van der Waals surface area contributed by atoms with Crippen molar-refractivity contribution < 1.29 is 17.5 Å². The van der Waals surface area contributed by atoms with E-state index in [-0.39, 0.29) is 15.8 Å². The van der Waals surface area contributed by atoms with Gasteiger partial charge in [-0.1, -0.05) is 11.6 Å². The highest BCUT2D eigenvalue weighted by atomic mass is 35.5. The fourth-order valence-corrected chi connectivity index (χ4v) is 5.66. The molecule has 1 aliphatic heterocycles. The topological polar surface area (TPSA) is 90.2 Å². The number of pyridine rings is 2. The number of rotatable bonds is 5. The van der Waals surface area contributed by atoms with E-state index in [9.17, 15) is 12.8 Å². The van der Waals surface area contributed by atoms with Crippen molar-refractivity contribution in [3.05, 3.63) is 71.4 Å². The van der Waals surface area contributed by atoms with Crippen molar-refractivity contribution >= 4 is 38.5 Å². The molecule has 0 unspecified atom stereocenters. The standard InChI is InChI=1S/C23H21ClFN5O3S/c1-33-17-4-6-18(7-5-17)34(31,32)30-20-3-2-10-26-22(20)23(28-30)29-11-8-15(9-12-29)21-19(25)13-16(24)14-27-21/h2-7,10,13-15H,8-9,11-12H2,1H3. The minimum Gasteiger partial charge on any atom is -0.497 e. The molecule has 3 aromatic heterocycles. The third-order valence-electron chi connectivity index (χ3n) is 5.99. The van der Waals surface area contributed by atoms with Gasteiger partial charge in [0.1, 0.15) is 22.6 Å². The van der Waals surface area contributed by atoms with Crippen molar-refractivity contribution in [2.45, 2.75) is 23.7 Å². The molecular weight excluding hydrogens is 481 g/mol. The maximum Gasteiger partial charge on any atom is 0.283 e. The first-order valence-corrected chi connectivity index (χ1v) is 12.5. The molecule has 5 rings (SSSR count). The Kier molecular flexibility index (Phi) is 5.86. The zero-order chi connectivity index (χ0) is 23.9. The van der Waals surface area contributed by atoms with E-state index in [1.54, 1.807) is 30.5 Å². The second kappa shape index (κ2) is 8.84. The maximum absolute atomic E-state index is 14.3. The number of ether oxygens (including phenoxy) is 1. The Bertz CT molecular complexity index is 1450. The maximum atomic E-state index is 14.3. The van der Waals surface area contributed by atoms with Crippen LogP contribution in [0.15, 0.2) is 59.8 Å². The Morgan fingerprint density at radius 2 is 1.85 bits per heavy atom. The summed E-state index contributed by atoms with van der Waals surface area (Å²) in [5.74, 6) is 0.572. The minimum atomic E-state index is -3.96. The van der Waals surface area contributed by atoms with E-state index < -0.39 is 15.8 Å². The highest BCUT2D eigenvalue weighted by molar-refractivity contribution is 7.90. The minimum absolute atomic E-state index is 0.0575. The number of benzene rings is 1. The van der Waals surface area contributed by atoms with Crippen LogP contribution < -0.4 is 9.64 Å². The summed E-state index contributed by atoms with van der Waals surface area (Å²) in [5, 5.41) is 4.75. The number of hydrogen-bond donors (Lipinski definition) is 0. The summed E-state index contributed by atoms with van der Waals surface area (Å²) in [4.78, 5) is 10.7. The van der Waals surface area contributed by atoms with E-state index in [1.165, 1.54) is 31.5 Å². The lowest BCUT2D eigenvalue weighted by Gasteiger charge is -2.31. The molecular formula is C23H21ClFN5O3S. The summed E-state index contributed by atoms with van der Waals surface area (Å²) >= 11 is 5.83. The van der Waals surface area contributed by atoms with Gasteiger partial charge in [-0.15, -0.1) is 9.19 Å². The van der Waals surface area contributed by atoms with Crippen LogP contribution in [0.5, 0.6) is 5.75 Å². The number of methoxy groups -OCH3 is 1. The third kappa shape index (κ3) is 3.97. The van der Waals surface area contributed by atoms with Gasteiger partial charge in [0.05, 0.1) is 22.7 Å². The number of piperidine rings is 1. The molecule has 1 aromatic carbocycles. The lowest BCUT2D eigenvalue weighted by molar-refractivity contribution is 0.414. The number of anilines is 1. The van der Waals surface area contributed by atoms with Crippen molar-refractivity contribution in [1.82, 2.24) is 19.2 Å². The van der Waals surface area contributed by atoms with E-state index >= 15 is 0 Å². The summed E-state index contributed by atoms with van der Waals surface area (Å²) in [6, 6.07) is 10.8. The molecule has 0 amide bonds. The van der Waals surface area contributed by atoms with Gasteiger partial charge in [0.15, 0.2) is 5.82 Å². The molecule has 0 bridgehead atoms. The zero-order valence-electron chi connectivity index (χ0n) is 18.2. The predicted molar refractivity (Wildman–Crippen MR) is 126 cm³/mol. The highest BCUT2D eigenvalue weighted by Crippen LogP contribution is 2.34. The second-order valence-corrected chi connectivity index (χ2v) is 10.2. The van der Waals surface area contributed by atoms with Crippen LogP contribution in [0.4, 0.5) is 10.2 Å². The molecule has 4 heterocycles. The summed E-state index contributed by atoms with van der Waals surface area (Å²) < 4.78 is 47.3. The van der Waals surface area contributed by atoms with Crippen LogP contribution in [0.1, 0.15) is 24.5 Å². The first-order chi connectivity index (χ1) is 16.4. The number of fused-ring (bicyclic) bond motifs is 1. The summed E-state index contributed by atoms with van der Waals surface area (Å²) in [6.45, 7) is 1.11. The summed E-state index contributed by atoms with van der Waals surface area (Å²) in [5.41, 5.74) is 1.29. The fraction of sp³-hybridized carbons (Fsp3) is 0.261. The van der Waals surface area contributed by atoms with Crippen LogP contribution in [0.2, 0.25) is 5.02 Å². The predicted octanol–water partition coefficient (Wildman–Crippen LogP) is 4.25. The second-order valence-electron chi connectivity index (χ2n) is 8.00. The van der Waals surface area contributed by atoms with Gasteiger partial charge in [0, 0.05) is 31.4 Å². The largest absolute Gasteiger partial charge is 0.497 e. The van der Waals surface area contributed by atoms with Gasteiger partial charge in [-0.25, -0.2) is 4.39 Å². The van der Waals surface area contributed by atoms with Crippen LogP contribution in [0, 0.1) is 5.82 Å². The van der Waals surface area contributed by atoms with Gasteiger partial charge in [-0.3, -0.25) is 9.97 Å². The van der Waals surface area contributed by atoms with Gasteiger partial charge in [-0.2, -0.15) is 8.42 Å². The lowest BCUT2D eigenvalue weighted by Crippen LogP contribution is -2.34. The van der Waals surface area contributed by atoms with Crippen molar-refractivity contribution in [1.29, 1.82) is 0 Å². The van der Waals surface area contributed by atoms with Gasteiger partial charge in [0.2, 0.25) is 0 Å². The third-order valence-corrected chi connectivity index (χ3v) is 7.80. The molecule has 176 valence electrons. The van der Waals surface area contributed by atoms with E-state index in [0.717, 1.165) is 4.09 Å². The fourth-order valence-electron chi connectivity index (χ4n) is 4.24. The van der Waals surface area contributed by atoms with Crippen molar-refractivity contribution in [3.8, 4) is 5.75 Å². The van der Waals surface area contributed by atoms with Crippen LogP contribution >= 0.6 is 11.6 Å². The smallest absolute Gasteiger partial charge is 0.283 e. The van der Waals surface area contributed by atoms with Crippen molar-refractivity contribution in [3.63, 3.8) is 0 Å². The number of hydrogen-bond acceptors (Lipinski definition) is 7. The van der Waals surface area contributed by atoms with Crippen LogP contribution in [0.3, 0.4) is 0 Å². The van der Waals surface area contributed by atoms with Gasteiger partial charge < -0.3 is 9.64 Å². The first-order valence-electron chi connectivity index (χ1n) is 10.7. The number of nitrogens with zero attached hydrogens (tertiary/aromatic N) is 5. The Morgan fingerprint density at radius 1 is 1.12 bits per heavy atom. The van der Waals surface area contributed by atoms with Gasteiger partial charge in [0.25, 0.3) is 10.0 Å². The zero-order valence-corrected chi connectivity index (χ0v) is 19.8. The Labute approximate surface area is 201 Å². The molecule has 0 aliphatic carbocycles. The molecule has 0 spiro atoms.